The molecule has 1 aromatic heterocycles. The third kappa shape index (κ3) is 4.17. The minimum Gasteiger partial charge on any atom is -0.486 e. The monoisotopic (exact) mass is 449 g/mol. The Morgan fingerprint density at radius 3 is 2.79 bits per heavy atom. The van der Waals surface area contributed by atoms with Crippen LogP contribution in [0.1, 0.15) is 12.0 Å². The maximum atomic E-state index is 13.8. The highest BCUT2D eigenvalue weighted by Gasteiger charge is 2.34. The third-order valence-corrected chi connectivity index (χ3v) is 5.54. The van der Waals surface area contributed by atoms with Crippen molar-refractivity contribution < 1.29 is 28.2 Å². The molecule has 33 heavy (non-hydrogen) atoms. The minimum absolute atomic E-state index is 0.112. The fourth-order valence-electron chi connectivity index (χ4n) is 3.97. The highest BCUT2D eigenvalue weighted by molar-refractivity contribution is 6.00. The molecule has 3 aromatic rings. The summed E-state index contributed by atoms with van der Waals surface area (Å²) in [5, 5.41) is 0.553. The van der Waals surface area contributed by atoms with E-state index in [4.69, 9.17) is 19.9 Å². The number of carbonyl (C=O) groups excluding carboxylic acids is 2. The lowest BCUT2D eigenvalue weighted by Crippen LogP contribution is -2.26. The number of hydrogen-bond donors (Lipinski definition) is 1. The smallest absolute Gasteiger partial charge is 0.414 e. The van der Waals surface area contributed by atoms with Gasteiger partial charge < -0.3 is 19.9 Å². The number of aromatic nitrogens is 1. The largest absolute Gasteiger partial charge is 0.486 e. The van der Waals surface area contributed by atoms with Crippen LogP contribution < -0.4 is 20.1 Å². The topological polar surface area (TPSA) is 104 Å². The molecule has 2 aliphatic heterocycles. The number of ether oxygens (including phenoxy) is 3. The molecule has 3 heterocycles. The van der Waals surface area contributed by atoms with Gasteiger partial charge in [0, 0.05) is 29.6 Å². The number of nitrogens with zero attached hydrogens (tertiary/aromatic N) is 2. The van der Waals surface area contributed by atoms with Gasteiger partial charge in [-0.3, -0.25) is 14.7 Å². The van der Waals surface area contributed by atoms with Crippen molar-refractivity contribution in [3.8, 4) is 11.5 Å². The van der Waals surface area contributed by atoms with Gasteiger partial charge in [0.05, 0.1) is 17.7 Å². The molecule has 1 fully saturated rings. The SMILES string of the molecule is NC(=O)C(=Cc1ccnc2ccc(F)cc12)C[C@@H]1CN(c2ccc3c(c2)OCCO3)C(=O)O1. The number of amides is 2. The van der Waals surface area contributed by atoms with Crippen molar-refractivity contribution in [3.63, 3.8) is 0 Å². The van der Waals surface area contributed by atoms with Gasteiger partial charge in [0.2, 0.25) is 5.91 Å². The Labute approximate surface area is 188 Å². The van der Waals surface area contributed by atoms with Gasteiger partial charge >= 0.3 is 6.09 Å². The van der Waals surface area contributed by atoms with Crippen molar-refractivity contribution in [1.29, 1.82) is 0 Å². The number of hydrogen-bond acceptors (Lipinski definition) is 6. The van der Waals surface area contributed by atoms with Crippen molar-refractivity contribution in [2.45, 2.75) is 12.5 Å². The second kappa shape index (κ2) is 8.42. The van der Waals surface area contributed by atoms with Crippen LogP contribution in [0.25, 0.3) is 17.0 Å². The summed E-state index contributed by atoms with van der Waals surface area (Å²) >= 11 is 0. The zero-order chi connectivity index (χ0) is 22.9. The van der Waals surface area contributed by atoms with Gasteiger partial charge in [0.15, 0.2) is 11.5 Å². The van der Waals surface area contributed by atoms with Crippen LogP contribution in [0.15, 0.2) is 54.2 Å². The maximum Gasteiger partial charge on any atom is 0.414 e. The van der Waals surface area contributed by atoms with Crippen LogP contribution in [-0.2, 0) is 9.53 Å². The van der Waals surface area contributed by atoms with E-state index in [1.807, 2.05) is 0 Å². The quantitative estimate of drug-likeness (QED) is 0.599. The molecular formula is C24H20FN3O5. The van der Waals surface area contributed by atoms with Gasteiger partial charge in [-0.15, -0.1) is 0 Å². The number of fused-ring (bicyclic) bond motifs is 2. The molecule has 0 spiro atoms. The number of cyclic esters (lactones) is 1. The van der Waals surface area contributed by atoms with Gasteiger partial charge in [-0.25, -0.2) is 9.18 Å². The molecule has 8 nitrogen and oxygen atoms in total. The van der Waals surface area contributed by atoms with E-state index >= 15 is 0 Å². The summed E-state index contributed by atoms with van der Waals surface area (Å²) in [5.74, 6) is 0.120. The van der Waals surface area contributed by atoms with E-state index < -0.39 is 23.9 Å². The Morgan fingerprint density at radius 1 is 1.15 bits per heavy atom. The van der Waals surface area contributed by atoms with E-state index in [1.165, 1.54) is 17.0 Å². The molecule has 0 unspecified atom stereocenters. The molecule has 2 aromatic carbocycles. The molecule has 2 N–H and O–H groups in total. The van der Waals surface area contributed by atoms with Crippen LogP contribution in [0.4, 0.5) is 14.9 Å². The average molecular weight is 449 g/mol. The number of carbonyl (C=O) groups is 2. The van der Waals surface area contributed by atoms with Gasteiger partial charge in [-0.2, -0.15) is 0 Å². The van der Waals surface area contributed by atoms with Crippen molar-refractivity contribution in [3.05, 3.63) is 65.6 Å². The summed E-state index contributed by atoms with van der Waals surface area (Å²) in [5.41, 5.74) is 7.66. The van der Waals surface area contributed by atoms with Gasteiger partial charge in [0.25, 0.3) is 0 Å². The number of nitrogens with two attached hydrogens (primary N) is 1. The van der Waals surface area contributed by atoms with Crippen molar-refractivity contribution >= 4 is 34.7 Å². The molecule has 1 atom stereocenters. The van der Waals surface area contributed by atoms with E-state index in [1.54, 1.807) is 42.6 Å². The number of benzene rings is 2. The Hall–Kier alpha value is -4.14. The summed E-state index contributed by atoms with van der Waals surface area (Å²) in [6.07, 6.45) is 2.16. The van der Waals surface area contributed by atoms with Crippen molar-refractivity contribution in [2.75, 3.05) is 24.7 Å². The molecule has 2 amide bonds. The number of pyridine rings is 1. The van der Waals surface area contributed by atoms with Crippen LogP contribution >= 0.6 is 0 Å². The highest BCUT2D eigenvalue weighted by Crippen LogP contribution is 2.35. The number of rotatable bonds is 5. The molecule has 2 aliphatic rings. The standard InChI is InChI=1S/C24H20FN3O5/c25-16-1-3-20-19(11-16)14(5-6-27-20)9-15(23(26)29)10-18-13-28(24(30)33-18)17-2-4-21-22(12-17)32-8-7-31-21/h1-6,9,11-12,18H,7-8,10,13H2,(H2,26,29)/t18-/m1/s1. The minimum atomic E-state index is -0.648. The van der Waals surface area contributed by atoms with Crippen molar-refractivity contribution in [1.82, 2.24) is 4.98 Å². The van der Waals surface area contributed by atoms with E-state index in [0.29, 0.717) is 46.9 Å². The lowest BCUT2D eigenvalue weighted by atomic mass is 10.0. The van der Waals surface area contributed by atoms with Gasteiger partial charge in [-0.1, -0.05) is 0 Å². The van der Waals surface area contributed by atoms with E-state index in [-0.39, 0.29) is 18.5 Å². The predicted octanol–water partition coefficient (Wildman–Crippen LogP) is 3.43. The summed E-state index contributed by atoms with van der Waals surface area (Å²) in [4.78, 5) is 30.4. The molecule has 0 aliphatic carbocycles. The normalized spacial score (nSPS) is 17.8. The Morgan fingerprint density at radius 2 is 1.97 bits per heavy atom. The second-order valence-electron chi connectivity index (χ2n) is 7.74. The Balaban J connectivity index is 1.38. The van der Waals surface area contributed by atoms with Gasteiger partial charge in [0.1, 0.15) is 25.1 Å². The molecule has 1 saturated heterocycles. The fourth-order valence-corrected chi connectivity index (χ4v) is 3.97. The first-order valence-electron chi connectivity index (χ1n) is 10.4. The van der Waals surface area contributed by atoms with Crippen LogP contribution in [-0.4, -0.2) is 42.8 Å². The summed E-state index contributed by atoms with van der Waals surface area (Å²) in [6.45, 7) is 1.14. The third-order valence-electron chi connectivity index (χ3n) is 5.54. The molecule has 0 radical (unpaired) electrons. The number of anilines is 1. The fraction of sp³-hybridized carbons (Fsp3) is 0.208. The van der Waals surface area contributed by atoms with Crippen LogP contribution in [0, 0.1) is 5.82 Å². The van der Waals surface area contributed by atoms with E-state index in [9.17, 15) is 14.0 Å². The first kappa shape index (κ1) is 20.7. The first-order chi connectivity index (χ1) is 16.0. The zero-order valence-corrected chi connectivity index (χ0v) is 17.5. The lowest BCUT2D eigenvalue weighted by molar-refractivity contribution is -0.114. The van der Waals surface area contributed by atoms with Crippen LogP contribution in [0.5, 0.6) is 11.5 Å². The first-order valence-corrected chi connectivity index (χ1v) is 10.4. The summed E-state index contributed by atoms with van der Waals surface area (Å²) < 4.78 is 30.4. The molecule has 168 valence electrons. The Bertz CT molecular complexity index is 1290. The Kier molecular flexibility index (Phi) is 5.29. The molecule has 9 heteroatoms. The van der Waals surface area contributed by atoms with Crippen LogP contribution in [0.3, 0.4) is 0 Å². The zero-order valence-electron chi connectivity index (χ0n) is 17.5. The average Bonchev–Trinajstić information content (AvgIpc) is 3.18. The maximum absolute atomic E-state index is 13.8. The second-order valence-corrected chi connectivity index (χ2v) is 7.74. The molecule has 0 bridgehead atoms. The van der Waals surface area contributed by atoms with E-state index in [2.05, 4.69) is 4.98 Å². The summed E-state index contributed by atoms with van der Waals surface area (Å²) in [6, 6.07) is 11.1. The molecule has 0 saturated carbocycles. The highest BCUT2D eigenvalue weighted by atomic mass is 19.1. The lowest BCUT2D eigenvalue weighted by Gasteiger charge is -2.21. The number of primary amides is 1. The van der Waals surface area contributed by atoms with Crippen molar-refractivity contribution in [2.24, 2.45) is 5.73 Å². The van der Waals surface area contributed by atoms with E-state index in [0.717, 1.165) is 0 Å². The summed E-state index contributed by atoms with van der Waals surface area (Å²) in [7, 11) is 0. The molecule has 5 rings (SSSR count). The van der Waals surface area contributed by atoms with Gasteiger partial charge in [-0.05, 0) is 48.0 Å². The predicted molar refractivity (Wildman–Crippen MR) is 119 cm³/mol. The van der Waals surface area contributed by atoms with Crippen LogP contribution in [0.2, 0.25) is 0 Å². The number of halogens is 1. The molecular weight excluding hydrogens is 429 g/mol.